The second-order valence-electron chi connectivity index (χ2n) is 13.2. The number of anilines is 2. The van der Waals surface area contributed by atoms with Gasteiger partial charge in [-0.25, -0.2) is 25.2 Å². The highest BCUT2D eigenvalue weighted by Crippen LogP contribution is 2.46. The summed E-state index contributed by atoms with van der Waals surface area (Å²) in [7, 11) is -34.0. The molecule has 0 saturated heterocycles. The van der Waals surface area contributed by atoms with Crippen LogP contribution < -0.4 is 11.5 Å². The maximum atomic E-state index is 12.6. The first-order chi connectivity index (χ1) is 31.1. The molecule has 0 aromatic heterocycles. The summed E-state index contributed by atoms with van der Waals surface area (Å²) in [6.07, 6.45) is 0. The van der Waals surface area contributed by atoms with E-state index in [4.69, 9.17) is 20.6 Å². The lowest BCUT2D eigenvalue weighted by molar-refractivity contribution is 0.282. The van der Waals surface area contributed by atoms with E-state index in [9.17, 15) is 72.6 Å². The summed E-state index contributed by atoms with van der Waals surface area (Å²) < 4.78 is 222. The third-order valence-electron chi connectivity index (χ3n) is 8.52. The van der Waals surface area contributed by atoms with Gasteiger partial charge in [0.15, 0.2) is 19.7 Å². The molecule has 5 aromatic rings. The minimum atomic E-state index is -5.34. The monoisotopic (exact) mass is 1090 g/mol. The molecule has 0 saturated carbocycles. The molecule has 0 bridgehead atoms. The molecule has 68 heavy (non-hydrogen) atoms. The lowest BCUT2D eigenvalue weighted by atomic mass is 10.1. The predicted octanol–water partition coefficient (Wildman–Crippen LogP) is 4.18. The number of fused-ring (bicyclic) bond motifs is 1. The van der Waals surface area contributed by atoms with Crippen LogP contribution in [0.15, 0.2) is 134 Å². The Morgan fingerprint density at radius 1 is 0.426 bits per heavy atom. The van der Waals surface area contributed by atoms with Crippen LogP contribution in [0.25, 0.3) is 10.8 Å². The minimum Gasteiger partial charge on any atom is -0.395 e. The van der Waals surface area contributed by atoms with Crippen LogP contribution in [0, 0.1) is 0 Å². The molecule has 29 nitrogen and oxygen atoms in total. The molecular formula is C32H30N8O21S7. The first-order valence-corrected chi connectivity index (χ1v) is 27.9. The molecule has 366 valence electrons. The third-order valence-corrected chi connectivity index (χ3v) is 15.4. The van der Waals surface area contributed by atoms with Crippen molar-refractivity contribution >= 4 is 127 Å². The molecule has 9 N–H and O–H groups in total. The lowest BCUT2D eigenvalue weighted by Gasteiger charge is -2.11. The van der Waals surface area contributed by atoms with Crippen molar-refractivity contribution < 1.29 is 90.1 Å². The molecule has 0 aliphatic rings. The first kappa shape index (κ1) is 53.1. The zero-order chi connectivity index (χ0) is 50.8. The number of azo groups is 3. The van der Waals surface area contributed by atoms with Crippen molar-refractivity contribution in [2.45, 2.75) is 24.5 Å². The zero-order valence-electron chi connectivity index (χ0n) is 33.3. The number of nitrogens with zero attached hydrogens (tertiary/aromatic N) is 6. The fourth-order valence-corrected chi connectivity index (χ4v) is 10.4. The van der Waals surface area contributed by atoms with Gasteiger partial charge in [-0.1, -0.05) is 0 Å². The van der Waals surface area contributed by atoms with E-state index in [-0.39, 0.29) is 26.9 Å². The highest BCUT2D eigenvalue weighted by atomic mass is 32.3. The summed E-state index contributed by atoms with van der Waals surface area (Å²) in [4.78, 5) is -4.04. The van der Waals surface area contributed by atoms with E-state index >= 15 is 0 Å². The van der Waals surface area contributed by atoms with E-state index in [0.717, 1.165) is 54.6 Å². The Hall–Kier alpha value is -5.87. The number of nitrogens with two attached hydrogens (primary N) is 2. The van der Waals surface area contributed by atoms with Crippen molar-refractivity contribution in [1.29, 1.82) is 0 Å². The number of nitrogen functional groups attached to an aromatic ring is 2. The number of sulfone groups is 2. The average molecular weight is 1090 g/mol. The topological polar surface area (TPSA) is 485 Å². The van der Waals surface area contributed by atoms with Crippen LogP contribution in [-0.4, -0.2) is 106 Å². The van der Waals surface area contributed by atoms with Gasteiger partial charge in [-0.15, -0.1) is 20.5 Å². The van der Waals surface area contributed by atoms with Crippen LogP contribution in [0.2, 0.25) is 0 Å². The number of benzene rings is 5. The van der Waals surface area contributed by atoms with Gasteiger partial charge >= 0.3 is 20.8 Å². The fourth-order valence-electron chi connectivity index (χ4n) is 5.41. The number of hydrogen-bond donors (Lipinski definition) is 7. The molecule has 36 heteroatoms. The summed E-state index contributed by atoms with van der Waals surface area (Å²) >= 11 is 0. The Morgan fingerprint density at radius 3 is 1.25 bits per heavy atom. The molecule has 5 aromatic carbocycles. The Morgan fingerprint density at radius 2 is 0.838 bits per heavy atom. The van der Waals surface area contributed by atoms with Crippen molar-refractivity contribution in [2.75, 3.05) is 36.2 Å². The van der Waals surface area contributed by atoms with Gasteiger partial charge in [0.05, 0.1) is 62.2 Å². The van der Waals surface area contributed by atoms with Crippen LogP contribution in [0.4, 0.5) is 45.5 Å². The molecule has 0 amide bonds. The summed E-state index contributed by atoms with van der Waals surface area (Å²) in [6, 6.07) is 11.9. The maximum absolute atomic E-state index is 12.6. The highest BCUT2D eigenvalue weighted by molar-refractivity contribution is 7.92. The molecule has 0 spiro atoms. The predicted molar refractivity (Wildman–Crippen MR) is 233 cm³/mol. The van der Waals surface area contributed by atoms with E-state index in [1.165, 1.54) is 0 Å². The van der Waals surface area contributed by atoms with Crippen molar-refractivity contribution in [1.82, 2.24) is 0 Å². The Balaban J connectivity index is 1.62. The van der Waals surface area contributed by atoms with E-state index in [1.807, 2.05) is 0 Å². The summed E-state index contributed by atoms with van der Waals surface area (Å²) in [5.74, 6) is -1.72. The van der Waals surface area contributed by atoms with Crippen LogP contribution >= 0.6 is 0 Å². The SMILES string of the molecule is Nc1c(/N=N/c2ccc(S(=O)(=O)CCOS(=O)(=O)O)cc2)cc(/N=N/c2cc3c(S(=O)(=O)O)cc(S(=O)(=O)O)cc3cc2S(=O)(=O)O)c(N)c1/N=N/c1ccc(S(=O)(=O)CCOS(=O)(=O)O)cc1. The molecule has 0 aliphatic carbocycles. The highest BCUT2D eigenvalue weighted by Gasteiger charge is 2.26. The van der Waals surface area contributed by atoms with Crippen molar-refractivity contribution in [3.8, 4) is 0 Å². The van der Waals surface area contributed by atoms with Gasteiger partial charge in [-0.3, -0.25) is 22.8 Å². The zero-order valence-corrected chi connectivity index (χ0v) is 39.0. The van der Waals surface area contributed by atoms with E-state index in [2.05, 4.69) is 39.1 Å². The maximum Gasteiger partial charge on any atom is 0.397 e. The molecule has 0 fully saturated rings. The lowest BCUT2D eigenvalue weighted by Crippen LogP contribution is -2.15. The van der Waals surface area contributed by atoms with Gasteiger partial charge in [0.2, 0.25) is 0 Å². The largest absolute Gasteiger partial charge is 0.397 e. The fraction of sp³-hybridized carbons (Fsp3) is 0.125. The summed E-state index contributed by atoms with van der Waals surface area (Å²) in [6.45, 7) is -1.83. The third kappa shape index (κ3) is 13.9. The molecular weight excluding hydrogens is 1060 g/mol. The Kier molecular flexibility index (Phi) is 15.3. The van der Waals surface area contributed by atoms with Crippen LogP contribution in [0.5, 0.6) is 0 Å². The van der Waals surface area contributed by atoms with Gasteiger partial charge in [0.25, 0.3) is 30.4 Å². The van der Waals surface area contributed by atoms with Crippen molar-refractivity contribution in [3.63, 3.8) is 0 Å². The second-order valence-corrected chi connectivity index (χ2v) is 23.8. The van der Waals surface area contributed by atoms with Gasteiger partial charge in [-0.05, 0) is 84.2 Å². The Bertz CT molecular complexity index is 3740. The molecule has 0 radical (unpaired) electrons. The van der Waals surface area contributed by atoms with Gasteiger partial charge < -0.3 is 11.5 Å². The normalized spacial score (nSPS) is 13.6. The van der Waals surface area contributed by atoms with Gasteiger partial charge in [-0.2, -0.15) is 52.3 Å². The standard InChI is InChI=1S/C32H30N8O21S7/c33-30-26(38-35-19-1-5-21(6-2-19)62(41,42)11-9-60-67(54,55)56)17-27(31(34)32(30)40-36-20-3-7-22(8-4-20)63(43,44)12-10-61-68(57,58)59)39-37-25-16-24-18(14-29(25)66(51,52)53)13-23(64(45,46)47)15-28(24)65(48,49)50/h1-8,13-17H,9-12,33-34H2,(H,45,46,47)(H,48,49,50)(H,51,52,53)(H,54,55,56)(H,57,58,59)/b38-35+,39-37+,40-36+. The molecule has 0 atom stereocenters. The summed E-state index contributed by atoms with van der Waals surface area (Å²) in [5, 5.41) is 22.5. The first-order valence-electron chi connectivity index (χ1n) is 17.6. The Labute approximate surface area is 385 Å². The van der Waals surface area contributed by atoms with E-state index in [1.54, 1.807) is 0 Å². The number of hydrogen-bond acceptors (Lipinski definition) is 24. The van der Waals surface area contributed by atoms with Crippen LogP contribution in [-0.2, 0) is 79.2 Å². The van der Waals surface area contributed by atoms with Gasteiger partial charge in [0, 0.05) is 5.39 Å². The van der Waals surface area contributed by atoms with E-state index in [0.29, 0.717) is 24.3 Å². The molecule has 0 unspecified atom stereocenters. The van der Waals surface area contributed by atoms with Crippen molar-refractivity contribution in [2.24, 2.45) is 30.7 Å². The van der Waals surface area contributed by atoms with E-state index < -0.39 is 149 Å². The second kappa shape index (κ2) is 19.6. The smallest absolute Gasteiger partial charge is 0.395 e. The molecule has 0 aliphatic heterocycles. The van der Waals surface area contributed by atoms with Gasteiger partial charge in [0.1, 0.15) is 32.5 Å². The quantitative estimate of drug-likeness (QED) is 0.0346. The number of rotatable bonds is 19. The molecule has 0 heterocycles. The minimum absolute atomic E-state index is 0.0407. The average Bonchev–Trinajstić information content (AvgIpc) is 3.20. The van der Waals surface area contributed by atoms with Crippen LogP contribution in [0.3, 0.4) is 0 Å². The summed E-state index contributed by atoms with van der Waals surface area (Å²) in [5.41, 5.74) is 9.52. The van der Waals surface area contributed by atoms with Crippen molar-refractivity contribution in [3.05, 3.63) is 78.9 Å². The molecule has 5 rings (SSSR count). The van der Waals surface area contributed by atoms with Crippen LogP contribution in [0.1, 0.15) is 0 Å².